The lowest BCUT2D eigenvalue weighted by Gasteiger charge is -2.29. The number of hydrogen-bond donors (Lipinski definition) is 2. The van der Waals surface area contributed by atoms with Crippen LogP contribution in [0.3, 0.4) is 0 Å². The monoisotopic (exact) mass is 393 g/mol. The van der Waals surface area contributed by atoms with E-state index in [9.17, 15) is 9.59 Å². The zero-order valence-corrected chi connectivity index (χ0v) is 15.6. The molecule has 3 rings (SSSR count). The van der Waals surface area contributed by atoms with Crippen molar-refractivity contribution in [3.63, 3.8) is 0 Å². The summed E-state index contributed by atoms with van der Waals surface area (Å²) in [4.78, 5) is 28.7. The van der Waals surface area contributed by atoms with Crippen molar-refractivity contribution in [2.75, 3.05) is 12.9 Å². The number of hydrogen-bond acceptors (Lipinski definition) is 6. The standard InChI is InChI=1S/C16H16ClN5O3S/c1-22-16(18-8-19-22)26-7-11-12(14(23)25-2)13(21-15(24)20-11)9-3-5-10(17)6-4-9/h3-6,8,13H,7H2,1-2H3,(H2,20,21,24). The van der Waals surface area contributed by atoms with E-state index in [1.54, 1.807) is 36.0 Å². The predicted octanol–water partition coefficient (Wildman–Crippen LogP) is 2.04. The molecule has 8 nitrogen and oxygen atoms in total. The molecule has 1 aromatic carbocycles. The summed E-state index contributed by atoms with van der Waals surface area (Å²) in [6, 6.07) is 5.89. The van der Waals surface area contributed by atoms with E-state index in [1.807, 2.05) is 0 Å². The Morgan fingerprint density at radius 1 is 1.38 bits per heavy atom. The number of benzene rings is 1. The fraction of sp³-hybridized carbons (Fsp3) is 0.250. The maximum Gasteiger partial charge on any atom is 0.338 e. The highest BCUT2D eigenvalue weighted by Gasteiger charge is 2.33. The number of methoxy groups -OCH3 is 1. The Morgan fingerprint density at radius 3 is 2.73 bits per heavy atom. The molecular formula is C16H16ClN5O3S. The molecule has 0 saturated heterocycles. The second-order valence-electron chi connectivity index (χ2n) is 5.42. The van der Waals surface area contributed by atoms with Crippen LogP contribution in [0.5, 0.6) is 0 Å². The third-order valence-electron chi connectivity index (χ3n) is 3.78. The minimum absolute atomic E-state index is 0.328. The highest BCUT2D eigenvalue weighted by Crippen LogP contribution is 2.30. The Bertz CT molecular complexity index is 865. The molecule has 2 amide bonds. The van der Waals surface area contributed by atoms with Crippen molar-refractivity contribution in [3.8, 4) is 0 Å². The number of aromatic nitrogens is 3. The zero-order valence-electron chi connectivity index (χ0n) is 14.0. The van der Waals surface area contributed by atoms with Gasteiger partial charge in [0.1, 0.15) is 6.33 Å². The first-order valence-electron chi connectivity index (χ1n) is 7.60. The number of aryl methyl sites for hydroxylation is 1. The number of carbonyl (C=O) groups is 2. The summed E-state index contributed by atoms with van der Waals surface area (Å²) < 4.78 is 6.55. The highest BCUT2D eigenvalue weighted by atomic mass is 35.5. The van der Waals surface area contributed by atoms with Crippen molar-refractivity contribution >= 4 is 35.4 Å². The molecule has 0 fully saturated rings. The van der Waals surface area contributed by atoms with Crippen molar-refractivity contribution in [3.05, 3.63) is 52.4 Å². The lowest BCUT2D eigenvalue weighted by atomic mass is 9.95. The molecule has 2 aromatic rings. The van der Waals surface area contributed by atoms with Gasteiger partial charge in [0, 0.05) is 23.5 Å². The number of amides is 2. The normalized spacial score (nSPS) is 16.9. The van der Waals surface area contributed by atoms with Crippen molar-refractivity contribution in [1.82, 2.24) is 25.4 Å². The van der Waals surface area contributed by atoms with E-state index in [0.717, 1.165) is 5.56 Å². The Kier molecular flexibility index (Phi) is 5.48. The number of halogens is 1. The van der Waals surface area contributed by atoms with Gasteiger partial charge >= 0.3 is 12.0 Å². The number of ether oxygens (including phenoxy) is 1. The largest absolute Gasteiger partial charge is 0.466 e. The molecule has 0 bridgehead atoms. The SMILES string of the molecule is COC(=O)C1=C(CSc2ncnn2C)NC(=O)NC1c1ccc(Cl)cc1. The molecule has 2 heterocycles. The van der Waals surface area contributed by atoms with Gasteiger partial charge in [-0.25, -0.2) is 19.3 Å². The lowest BCUT2D eigenvalue weighted by Crippen LogP contribution is -2.46. The molecule has 1 aliphatic rings. The van der Waals surface area contributed by atoms with Crippen LogP contribution in [-0.4, -0.2) is 39.6 Å². The fourth-order valence-electron chi connectivity index (χ4n) is 2.54. The maximum absolute atomic E-state index is 12.4. The van der Waals surface area contributed by atoms with E-state index in [2.05, 4.69) is 20.7 Å². The predicted molar refractivity (Wildman–Crippen MR) is 96.6 cm³/mol. The number of esters is 1. The van der Waals surface area contributed by atoms with Crippen LogP contribution in [0, 0.1) is 0 Å². The van der Waals surface area contributed by atoms with E-state index in [0.29, 0.717) is 27.2 Å². The second-order valence-corrected chi connectivity index (χ2v) is 6.80. The summed E-state index contributed by atoms with van der Waals surface area (Å²) in [5.41, 5.74) is 1.53. The van der Waals surface area contributed by atoms with Gasteiger partial charge in [-0.05, 0) is 17.7 Å². The summed E-state index contributed by atoms with van der Waals surface area (Å²) in [6.45, 7) is 0. The number of nitrogens with one attached hydrogen (secondary N) is 2. The molecule has 1 atom stereocenters. The first kappa shape index (κ1) is 18.3. The molecule has 1 unspecified atom stereocenters. The number of carbonyl (C=O) groups excluding carboxylic acids is 2. The van der Waals surface area contributed by atoms with E-state index in [-0.39, 0.29) is 0 Å². The minimum Gasteiger partial charge on any atom is -0.466 e. The van der Waals surface area contributed by atoms with Crippen LogP contribution >= 0.6 is 23.4 Å². The van der Waals surface area contributed by atoms with E-state index >= 15 is 0 Å². The zero-order chi connectivity index (χ0) is 18.7. The summed E-state index contributed by atoms with van der Waals surface area (Å²) in [5, 5.41) is 10.7. The van der Waals surface area contributed by atoms with Gasteiger partial charge in [0.05, 0.1) is 18.7 Å². The van der Waals surface area contributed by atoms with Crippen molar-refractivity contribution in [2.24, 2.45) is 7.05 Å². The molecule has 1 aromatic heterocycles. The summed E-state index contributed by atoms with van der Waals surface area (Å²) in [6.07, 6.45) is 1.44. The van der Waals surface area contributed by atoms with Gasteiger partial charge in [0.15, 0.2) is 5.16 Å². The molecule has 0 aliphatic carbocycles. The van der Waals surface area contributed by atoms with Crippen molar-refractivity contribution in [1.29, 1.82) is 0 Å². The first-order valence-corrected chi connectivity index (χ1v) is 8.97. The third-order valence-corrected chi connectivity index (χ3v) is 5.09. The molecule has 10 heteroatoms. The van der Waals surface area contributed by atoms with E-state index < -0.39 is 18.0 Å². The van der Waals surface area contributed by atoms with E-state index in [1.165, 1.54) is 25.2 Å². The molecule has 0 saturated carbocycles. The number of thioether (sulfide) groups is 1. The Labute approximate surface area is 159 Å². The quantitative estimate of drug-likeness (QED) is 0.596. The third kappa shape index (κ3) is 3.83. The van der Waals surface area contributed by atoms with Crippen LogP contribution in [0.15, 0.2) is 47.0 Å². The van der Waals surface area contributed by atoms with Gasteiger partial charge in [-0.15, -0.1) is 0 Å². The van der Waals surface area contributed by atoms with Crippen molar-refractivity contribution in [2.45, 2.75) is 11.2 Å². The maximum atomic E-state index is 12.4. The summed E-state index contributed by atoms with van der Waals surface area (Å²) in [7, 11) is 3.07. The number of nitrogens with zero attached hydrogens (tertiary/aromatic N) is 3. The lowest BCUT2D eigenvalue weighted by molar-refractivity contribution is -0.136. The minimum atomic E-state index is -0.636. The van der Waals surface area contributed by atoms with Gasteiger partial charge in [-0.2, -0.15) is 5.10 Å². The van der Waals surface area contributed by atoms with Crippen LogP contribution in [0.25, 0.3) is 0 Å². The number of urea groups is 1. The van der Waals surface area contributed by atoms with Crippen LogP contribution < -0.4 is 10.6 Å². The van der Waals surface area contributed by atoms with Crippen LogP contribution in [0.2, 0.25) is 5.02 Å². The average molecular weight is 394 g/mol. The highest BCUT2D eigenvalue weighted by molar-refractivity contribution is 7.99. The van der Waals surface area contributed by atoms with Crippen molar-refractivity contribution < 1.29 is 14.3 Å². The number of rotatable bonds is 5. The second kappa shape index (κ2) is 7.79. The Morgan fingerprint density at radius 2 is 2.12 bits per heavy atom. The molecule has 1 aliphatic heterocycles. The average Bonchev–Trinajstić information content (AvgIpc) is 3.04. The molecule has 0 radical (unpaired) electrons. The summed E-state index contributed by atoms with van der Waals surface area (Å²) >= 11 is 7.29. The Hall–Kier alpha value is -2.52. The first-order chi connectivity index (χ1) is 12.5. The van der Waals surface area contributed by atoms with Gasteiger partial charge in [-0.1, -0.05) is 35.5 Å². The molecule has 0 spiro atoms. The smallest absolute Gasteiger partial charge is 0.338 e. The van der Waals surface area contributed by atoms with E-state index in [4.69, 9.17) is 16.3 Å². The molecule has 26 heavy (non-hydrogen) atoms. The molecular weight excluding hydrogens is 378 g/mol. The van der Waals surface area contributed by atoms with Gasteiger partial charge < -0.3 is 15.4 Å². The van der Waals surface area contributed by atoms with Crippen LogP contribution in [0.1, 0.15) is 11.6 Å². The van der Waals surface area contributed by atoms with Gasteiger partial charge in [0.2, 0.25) is 0 Å². The fourth-order valence-corrected chi connectivity index (χ4v) is 3.52. The van der Waals surface area contributed by atoms with Crippen LogP contribution in [0.4, 0.5) is 4.79 Å². The van der Waals surface area contributed by atoms with Gasteiger partial charge in [-0.3, -0.25) is 0 Å². The molecule has 2 N–H and O–H groups in total. The summed E-state index contributed by atoms with van der Waals surface area (Å²) in [5.74, 6) is -0.194. The van der Waals surface area contributed by atoms with Crippen LogP contribution in [-0.2, 0) is 16.6 Å². The molecule has 136 valence electrons. The Balaban J connectivity index is 1.97. The van der Waals surface area contributed by atoms with Gasteiger partial charge in [0.25, 0.3) is 0 Å². The topological polar surface area (TPSA) is 98.1 Å².